The van der Waals surface area contributed by atoms with Gasteiger partial charge in [-0.05, 0) is 116 Å². The van der Waals surface area contributed by atoms with Crippen molar-refractivity contribution in [3.8, 4) is 0 Å². The van der Waals surface area contributed by atoms with Gasteiger partial charge in [-0.3, -0.25) is 8.37 Å². The Labute approximate surface area is 281 Å². The first-order valence-corrected chi connectivity index (χ1v) is 17.0. The van der Waals surface area contributed by atoms with Gasteiger partial charge >= 0.3 is 59.1 Å². The molecule has 4 fully saturated rings. The van der Waals surface area contributed by atoms with Gasteiger partial charge in [-0.1, -0.05) is 40.5 Å². The predicted molar refractivity (Wildman–Crippen MR) is 138 cm³/mol. The molecular formula is C27H46Na2O8S2. The molecule has 0 aromatic heterocycles. The average Bonchev–Trinajstić information content (AvgIpc) is 3.11. The van der Waals surface area contributed by atoms with Crippen LogP contribution >= 0.6 is 0 Å². The van der Waals surface area contributed by atoms with E-state index in [0.29, 0.717) is 48.3 Å². The van der Waals surface area contributed by atoms with Crippen molar-refractivity contribution in [2.24, 2.45) is 52.3 Å². The van der Waals surface area contributed by atoms with E-state index in [-0.39, 0.29) is 82.5 Å². The molecule has 3 unspecified atom stereocenters. The smallest absolute Gasteiger partial charge is 0.726 e. The molecule has 4 saturated carbocycles. The molecule has 0 spiro atoms. The standard InChI is InChI=1S/C27H48O8S2.2Na/c1-18(2)6-5-7-19(17-34-36(28,29)30)23-10-11-24-22-9-8-20-16-21(35-37(31,32)33)12-14-26(20,3)25(22)13-15-27(23,24)4;;/h18-25H,5-17H2,1-4H3,(H,28,29,30)(H,31,32,33);;/q;2*+1/p-2/t19-,20-,21+,22?,23+,24?,25?,26-,27+;;/m0../s1. The third-order valence-electron chi connectivity index (χ3n) is 11.3. The molecule has 0 amide bonds. The Morgan fingerprint density at radius 1 is 0.821 bits per heavy atom. The Bertz CT molecular complexity index is 1020. The summed E-state index contributed by atoms with van der Waals surface area (Å²) in [5, 5.41) is 0. The van der Waals surface area contributed by atoms with Crippen molar-refractivity contribution in [1.29, 1.82) is 0 Å². The summed E-state index contributed by atoms with van der Waals surface area (Å²) in [4.78, 5) is 0. The normalized spacial score (nSPS) is 39.1. The molecule has 39 heavy (non-hydrogen) atoms. The van der Waals surface area contributed by atoms with E-state index in [1.54, 1.807) is 0 Å². The van der Waals surface area contributed by atoms with Gasteiger partial charge in [-0.25, -0.2) is 16.8 Å². The first-order valence-electron chi connectivity index (χ1n) is 14.4. The van der Waals surface area contributed by atoms with Crippen LogP contribution in [0.4, 0.5) is 0 Å². The van der Waals surface area contributed by atoms with Crippen LogP contribution in [0.5, 0.6) is 0 Å². The van der Waals surface area contributed by atoms with Crippen molar-refractivity contribution in [3.63, 3.8) is 0 Å². The topological polar surface area (TPSA) is 133 Å². The summed E-state index contributed by atoms with van der Waals surface area (Å²) in [5.74, 6) is 3.12. The van der Waals surface area contributed by atoms with Crippen molar-refractivity contribution in [2.75, 3.05) is 6.61 Å². The Hall–Kier alpha value is 1.74. The monoisotopic (exact) mass is 608 g/mol. The van der Waals surface area contributed by atoms with E-state index in [9.17, 15) is 25.9 Å². The largest absolute Gasteiger partial charge is 1.00 e. The van der Waals surface area contributed by atoms with Crippen molar-refractivity contribution >= 4 is 20.8 Å². The first kappa shape index (κ1) is 36.9. The van der Waals surface area contributed by atoms with Crippen LogP contribution in [0.1, 0.15) is 105 Å². The summed E-state index contributed by atoms with van der Waals surface area (Å²) in [7, 11) is -9.40. The fraction of sp³-hybridized carbons (Fsp3) is 1.00. The van der Waals surface area contributed by atoms with E-state index in [2.05, 4.69) is 27.7 Å². The van der Waals surface area contributed by atoms with Crippen LogP contribution in [0.15, 0.2) is 0 Å². The molecular weight excluding hydrogens is 562 g/mol. The van der Waals surface area contributed by atoms with Crippen molar-refractivity contribution in [3.05, 3.63) is 0 Å². The fourth-order valence-corrected chi connectivity index (χ4v) is 10.5. The average molecular weight is 609 g/mol. The van der Waals surface area contributed by atoms with Crippen LogP contribution in [0.3, 0.4) is 0 Å². The van der Waals surface area contributed by atoms with Crippen LogP contribution in [0.25, 0.3) is 0 Å². The molecule has 4 rings (SSSR count). The van der Waals surface area contributed by atoms with Gasteiger partial charge in [0.2, 0.25) is 20.8 Å². The van der Waals surface area contributed by atoms with Crippen LogP contribution in [0.2, 0.25) is 0 Å². The molecule has 0 saturated heterocycles. The van der Waals surface area contributed by atoms with E-state index >= 15 is 0 Å². The van der Waals surface area contributed by atoms with Gasteiger partial charge in [-0.15, -0.1) is 0 Å². The molecule has 216 valence electrons. The number of hydrogen-bond acceptors (Lipinski definition) is 8. The maximum absolute atomic E-state index is 11.3. The Balaban J connectivity index is 0.00000267. The molecule has 12 heteroatoms. The molecule has 4 aliphatic rings. The van der Waals surface area contributed by atoms with Gasteiger partial charge in [0.25, 0.3) is 0 Å². The van der Waals surface area contributed by atoms with Crippen molar-refractivity contribution < 1.29 is 93.4 Å². The maximum Gasteiger partial charge on any atom is 1.00 e. The second-order valence-corrected chi connectivity index (χ2v) is 15.6. The number of rotatable bonds is 10. The third-order valence-corrected chi connectivity index (χ3v) is 12.2. The molecule has 9 atom stereocenters. The van der Waals surface area contributed by atoms with Crippen LogP contribution < -0.4 is 59.1 Å². The van der Waals surface area contributed by atoms with E-state index in [0.717, 1.165) is 64.2 Å². The summed E-state index contributed by atoms with van der Waals surface area (Å²) in [6.45, 7) is 9.17. The zero-order valence-corrected chi connectivity index (χ0v) is 30.5. The van der Waals surface area contributed by atoms with Gasteiger partial charge in [0.15, 0.2) is 0 Å². The molecule has 0 heterocycles. The fourth-order valence-electron chi connectivity index (χ4n) is 9.65. The minimum Gasteiger partial charge on any atom is -0.726 e. The predicted octanol–water partition coefficient (Wildman–Crippen LogP) is -0.582. The second kappa shape index (κ2) is 14.2. The van der Waals surface area contributed by atoms with E-state index < -0.39 is 26.9 Å². The van der Waals surface area contributed by atoms with Crippen LogP contribution in [0, 0.1) is 52.3 Å². The van der Waals surface area contributed by atoms with Crippen LogP contribution in [-0.2, 0) is 29.2 Å². The third kappa shape index (κ3) is 8.68. The molecule has 0 radical (unpaired) electrons. The van der Waals surface area contributed by atoms with E-state index in [1.807, 2.05) is 0 Å². The molecule has 0 N–H and O–H groups in total. The van der Waals surface area contributed by atoms with Gasteiger partial charge in [0.1, 0.15) is 0 Å². The van der Waals surface area contributed by atoms with Gasteiger partial charge in [0, 0.05) is 0 Å². The Kier molecular flexibility index (Phi) is 13.5. The van der Waals surface area contributed by atoms with E-state index in [4.69, 9.17) is 8.37 Å². The zero-order chi connectivity index (χ0) is 27.2. The summed E-state index contributed by atoms with van der Waals surface area (Å²) < 4.78 is 77.2. The number of hydrogen-bond donors (Lipinski definition) is 0. The molecule has 0 bridgehead atoms. The second-order valence-electron chi connectivity index (χ2n) is 13.6. The Morgan fingerprint density at radius 3 is 2.08 bits per heavy atom. The first-order chi connectivity index (χ1) is 17.1. The number of fused-ring (bicyclic) bond motifs is 5. The molecule has 4 aliphatic carbocycles. The SMILES string of the molecule is CC(C)CCC[C@@H](COS(=O)(=O)[O-])[C@H]1CCC2C3CC[C@H]4C[C@H](OS(=O)(=O)[O-])CC[C@]4(C)C3CC[C@@]21C.[Na+].[Na+]. The quantitative estimate of drug-likeness (QED) is 0.183. The van der Waals surface area contributed by atoms with Gasteiger partial charge in [0.05, 0.1) is 12.7 Å². The molecule has 0 aliphatic heterocycles. The Morgan fingerprint density at radius 2 is 1.46 bits per heavy atom. The molecule has 8 nitrogen and oxygen atoms in total. The summed E-state index contributed by atoms with van der Waals surface area (Å²) >= 11 is 0. The summed E-state index contributed by atoms with van der Waals surface area (Å²) in [6.07, 6.45) is 11.2. The van der Waals surface area contributed by atoms with Gasteiger partial charge < -0.3 is 9.11 Å². The minimum atomic E-state index is -4.71. The molecule has 0 aromatic carbocycles. The van der Waals surface area contributed by atoms with Crippen LogP contribution in [-0.4, -0.2) is 38.7 Å². The zero-order valence-electron chi connectivity index (χ0n) is 24.9. The minimum absolute atomic E-state index is 0. The van der Waals surface area contributed by atoms with Gasteiger partial charge in [-0.2, -0.15) is 0 Å². The van der Waals surface area contributed by atoms with E-state index in [1.165, 1.54) is 0 Å². The summed E-state index contributed by atoms with van der Waals surface area (Å²) in [6, 6.07) is 0. The summed E-state index contributed by atoms with van der Waals surface area (Å²) in [5.41, 5.74) is 0.241. The maximum atomic E-state index is 11.3. The molecule has 0 aromatic rings. The van der Waals surface area contributed by atoms with Crippen molar-refractivity contribution in [1.82, 2.24) is 0 Å². The van der Waals surface area contributed by atoms with Crippen molar-refractivity contribution in [2.45, 2.75) is 111 Å².